The number of hydrogen-bond donors (Lipinski definition) is 0. The van der Waals surface area contributed by atoms with E-state index < -0.39 is 0 Å². The van der Waals surface area contributed by atoms with E-state index in [4.69, 9.17) is 9.47 Å². The zero-order valence-electron chi connectivity index (χ0n) is 59.7. The summed E-state index contributed by atoms with van der Waals surface area (Å²) in [4.78, 5) is 5.23. The molecule has 0 saturated heterocycles. The average Bonchev–Trinajstić information content (AvgIpc) is 0.690. The highest BCUT2D eigenvalue weighted by atomic mass is 16.5. The fourth-order valence-corrected chi connectivity index (χ4v) is 15.1. The van der Waals surface area contributed by atoms with E-state index >= 15 is 0 Å². The molecule has 0 saturated carbocycles. The molecule has 0 fully saturated rings. The summed E-state index contributed by atoms with van der Waals surface area (Å²) in [7, 11) is 0. The Morgan fingerprint density at radius 2 is 0.604 bits per heavy atom. The van der Waals surface area contributed by atoms with Crippen LogP contribution in [0.5, 0.6) is 23.0 Å². The van der Waals surface area contributed by atoms with Crippen molar-refractivity contribution < 1.29 is 9.47 Å². The Kier molecular flexibility index (Phi) is 14.5. The molecule has 478 valence electrons. The van der Waals surface area contributed by atoms with Gasteiger partial charge in [0.1, 0.15) is 23.0 Å². The lowest BCUT2D eigenvalue weighted by atomic mass is 9.30. The van der Waals surface area contributed by atoms with Gasteiger partial charge in [0, 0.05) is 39.6 Å². The molecular formula is C90H90B2N2O2. The summed E-state index contributed by atoms with van der Waals surface area (Å²) < 4.78 is 15.2. The van der Waals surface area contributed by atoms with E-state index in [-0.39, 0.29) is 45.9 Å². The topological polar surface area (TPSA) is 24.9 Å². The van der Waals surface area contributed by atoms with Gasteiger partial charge in [0.25, 0.3) is 13.4 Å². The van der Waals surface area contributed by atoms with Crippen molar-refractivity contribution in [2.45, 2.75) is 157 Å². The van der Waals surface area contributed by atoms with Crippen molar-refractivity contribution in [3.63, 3.8) is 0 Å². The molecule has 0 aromatic heterocycles. The number of nitrogens with zero attached hydrogens (tertiary/aromatic N) is 2. The lowest BCUT2D eigenvalue weighted by Crippen LogP contribution is -2.64. The molecule has 4 aliphatic heterocycles. The first-order valence-electron chi connectivity index (χ1n) is 34.8. The molecule has 0 aliphatic carbocycles. The quantitative estimate of drug-likeness (QED) is 0.155. The van der Waals surface area contributed by atoms with E-state index in [0.717, 1.165) is 107 Å². The van der Waals surface area contributed by atoms with Crippen LogP contribution in [0.25, 0.3) is 44.5 Å². The van der Waals surface area contributed by atoms with Crippen LogP contribution in [0, 0.1) is 0 Å². The van der Waals surface area contributed by atoms with Gasteiger partial charge in [-0.25, -0.2) is 0 Å². The molecule has 4 heterocycles. The van der Waals surface area contributed by atoms with Crippen LogP contribution in [-0.2, 0) is 32.5 Å². The maximum absolute atomic E-state index is 7.68. The highest BCUT2D eigenvalue weighted by molar-refractivity contribution is 7.02. The van der Waals surface area contributed by atoms with Crippen molar-refractivity contribution in [1.29, 1.82) is 0 Å². The first kappa shape index (κ1) is 62.8. The molecule has 15 rings (SSSR count). The maximum atomic E-state index is 7.68. The van der Waals surface area contributed by atoms with Gasteiger partial charge in [-0.2, -0.15) is 0 Å². The summed E-state index contributed by atoms with van der Waals surface area (Å²) >= 11 is 0. The second-order valence-corrected chi connectivity index (χ2v) is 33.9. The zero-order valence-corrected chi connectivity index (χ0v) is 59.7. The minimum absolute atomic E-state index is 0.0896. The lowest BCUT2D eigenvalue weighted by Gasteiger charge is -2.45. The van der Waals surface area contributed by atoms with E-state index in [2.05, 4.69) is 353 Å². The molecule has 0 radical (unpaired) electrons. The maximum Gasteiger partial charge on any atom is 0.256 e. The van der Waals surface area contributed by atoms with E-state index in [1.807, 2.05) is 0 Å². The van der Waals surface area contributed by atoms with Crippen LogP contribution in [0.4, 0.5) is 34.1 Å². The summed E-state index contributed by atoms with van der Waals surface area (Å²) in [5, 5.41) is 0. The molecule has 0 N–H and O–H groups in total. The molecule has 0 bridgehead atoms. The van der Waals surface area contributed by atoms with Gasteiger partial charge >= 0.3 is 0 Å². The molecule has 6 heteroatoms. The van der Waals surface area contributed by atoms with Crippen molar-refractivity contribution in [3.8, 4) is 67.5 Å². The Labute approximate surface area is 572 Å². The van der Waals surface area contributed by atoms with E-state index in [0.29, 0.717) is 0 Å². The molecule has 11 aromatic carbocycles. The number of rotatable bonds is 6. The van der Waals surface area contributed by atoms with Gasteiger partial charge in [-0.05, 0) is 187 Å². The smallest absolute Gasteiger partial charge is 0.256 e. The third kappa shape index (κ3) is 10.8. The van der Waals surface area contributed by atoms with Crippen LogP contribution in [0.15, 0.2) is 218 Å². The Morgan fingerprint density at radius 3 is 0.990 bits per heavy atom. The molecule has 0 unspecified atom stereocenters. The normalized spacial score (nSPS) is 14.0. The monoisotopic (exact) mass is 1250 g/mol. The van der Waals surface area contributed by atoms with Gasteiger partial charge in [0.15, 0.2) is 0 Å². The lowest BCUT2D eigenvalue weighted by molar-refractivity contribution is 0.483. The van der Waals surface area contributed by atoms with E-state index in [1.165, 1.54) is 60.9 Å². The van der Waals surface area contributed by atoms with Crippen LogP contribution in [0.1, 0.15) is 158 Å². The molecule has 11 aromatic rings. The van der Waals surface area contributed by atoms with Gasteiger partial charge in [0.05, 0.1) is 5.69 Å². The van der Waals surface area contributed by atoms with Crippen LogP contribution in [0.2, 0.25) is 0 Å². The summed E-state index contributed by atoms with van der Waals surface area (Å²) in [6, 6.07) is 83.8. The van der Waals surface area contributed by atoms with Gasteiger partial charge in [-0.1, -0.05) is 288 Å². The van der Waals surface area contributed by atoms with Crippen molar-refractivity contribution in [1.82, 2.24) is 0 Å². The molecule has 0 amide bonds. The third-order valence-corrected chi connectivity index (χ3v) is 20.8. The van der Waals surface area contributed by atoms with Crippen LogP contribution < -0.4 is 52.1 Å². The second-order valence-electron chi connectivity index (χ2n) is 33.9. The highest BCUT2D eigenvalue weighted by Gasteiger charge is 2.49. The average molecular weight is 1250 g/mol. The summed E-state index contributed by atoms with van der Waals surface area (Å²) in [5.74, 6) is 3.56. The van der Waals surface area contributed by atoms with Crippen molar-refractivity contribution in [3.05, 3.63) is 252 Å². The van der Waals surface area contributed by atoms with Gasteiger partial charge in [0.2, 0.25) is 0 Å². The van der Waals surface area contributed by atoms with Crippen LogP contribution >= 0.6 is 0 Å². The Bertz CT molecular complexity index is 4820. The fraction of sp³-hybridized carbons (Fsp3) is 0.267. The molecular weight excluding hydrogens is 1160 g/mol. The van der Waals surface area contributed by atoms with E-state index in [1.54, 1.807) is 0 Å². The largest absolute Gasteiger partial charge is 0.458 e. The van der Waals surface area contributed by atoms with Crippen LogP contribution in [-0.4, -0.2) is 13.4 Å². The number of hydrogen-bond acceptors (Lipinski definition) is 4. The predicted octanol–water partition coefficient (Wildman–Crippen LogP) is 20.9. The Balaban J connectivity index is 1.11. The molecule has 4 aliphatic rings. The summed E-state index contributed by atoms with van der Waals surface area (Å²) in [5.41, 5.74) is 29.9. The van der Waals surface area contributed by atoms with Crippen molar-refractivity contribution >= 4 is 80.3 Å². The SMILES string of the molecule is CC(C)(C)c1cc(-c2cc3c4c(c2)N(c2ccccc2)c2cc5c(cc2B4c2ccc(C(C)(C)C)cc2O3)B2c3ccc(C(C)(C)C)cc3Oc3cc(-c4cc(C(C)(C)C)cc(C(C)(C)C)c4)cc(c32)N5c2c(-c3ccccc3)cccc2-c2ccccc2)cc(C(C)(C)C)c1. The van der Waals surface area contributed by atoms with Gasteiger partial charge < -0.3 is 19.3 Å². The minimum Gasteiger partial charge on any atom is -0.458 e. The number of fused-ring (bicyclic) bond motifs is 8. The Hall–Kier alpha value is -9.25. The number of anilines is 6. The van der Waals surface area contributed by atoms with Crippen molar-refractivity contribution in [2.75, 3.05) is 9.80 Å². The molecule has 0 spiro atoms. The summed E-state index contributed by atoms with van der Waals surface area (Å²) in [6.45, 7) is 41.5. The molecule has 4 nitrogen and oxygen atoms in total. The minimum atomic E-state index is -0.225. The molecule has 0 atom stereocenters. The predicted molar refractivity (Wildman–Crippen MR) is 412 cm³/mol. The summed E-state index contributed by atoms with van der Waals surface area (Å²) in [6.07, 6.45) is 0. The van der Waals surface area contributed by atoms with Crippen LogP contribution in [0.3, 0.4) is 0 Å². The number of benzene rings is 11. The number of ether oxygens (including phenoxy) is 2. The third-order valence-electron chi connectivity index (χ3n) is 20.8. The second kappa shape index (κ2) is 22.2. The molecule has 96 heavy (non-hydrogen) atoms. The number of para-hydroxylation sites is 2. The first-order chi connectivity index (χ1) is 45.4. The van der Waals surface area contributed by atoms with E-state index in [9.17, 15) is 0 Å². The van der Waals surface area contributed by atoms with Gasteiger partial charge in [-0.3, -0.25) is 0 Å². The first-order valence-corrected chi connectivity index (χ1v) is 34.8. The standard InChI is InChI=1S/C90H90B2N2O2/c1-85(2,3)61-37-39-70-78(51-61)95-80-47-59(57-41-63(87(7,8)9)49-64(42-57)88(10,11)12)45-76-82(80)91(70)72-53-73-75(54-74(72)93(76)67-33-26-21-27-34-67)94(84-68(55-29-22-19-23-30-55)35-28-36-69(84)56-31-24-20-25-32-56)77-46-60(58-43-65(89(13,14)15)50-66(44-58)90(16,17)18)48-81-83(77)92(73)71-40-38-62(86(4,5)6)52-79(71)96-81/h19-54H,1-18H3. The fourth-order valence-electron chi connectivity index (χ4n) is 15.1. The van der Waals surface area contributed by atoms with Gasteiger partial charge in [-0.15, -0.1) is 0 Å². The van der Waals surface area contributed by atoms with Crippen molar-refractivity contribution in [2.24, 2.45) is 0 Å². The zero-order chi connectivity index (χ0) is 67.5. The Morgan fingerprint density at radius 1 is 0.250 bits per heavy atom. The highest BCUT2D eigenvalue weighted by Crippen LogP contribution is 2.53.